The van der Waals surface area contributed by atoms with Crippen molar-refractivity contribution in [2.75, 3.05) is 6.54 Å². The zero-order valence-electron chi connectivity index (χ0n) is 11.7. The van der Waals surface area contributed by atoms with Gasteiger partial charge < -0.3 is 5.11 Å². The van der Waals surface area contributed by atoms with Crippen LogP contribution in [0.4, 0.5) is 0 Å². The van der Waals surface area contributed by atoms with Crippen molar-refractivity contribution in [2.24, 2.45) is 5.92 Å². The van der Waals surface area contributed by atoms with Crippen LogP contribution in [0.3, 0.4) is 0 Å². The number of sulfonamides is 1. The highest BCUT2D eigenvalue weighted by atomic mass is 32.2. The molecule has 0 amide bonds. The summed E-state index contributed by atoms with van der Waals surface area (Å²) >= 11 is 0. The Morgan fingerprint density at radius 2 is 2.00 bits per heavy atom. The highest BCUT2D eigenvalue weighted by Gasteiger charge is 2.41. The molecular weight excluding hydrogens is 294 g/mol. The normalized spacial score (nSPS) is 27.2. The second-order valence-corrected chi connectivity index (χ2v) is 7.62. The standard InChI is InChI=1S/C13H19N3O4S/c17-13(18)10-8-14-15-12(10)21(19,20)16-7-3-5-9-4-1-2-6-11(9)16/h8-9,11H,1-7H2,(H,14,15)(H,17,18). The van der Waals surface area contributed by atoms with Crippen molar-refractivity contribution in [2.45, 2.75) is 49.6 Å². The predicted molar refractivity (Wildman–Crippen MR) is 74.4 cm³/mol. The molecule has 0 aromatic carbocycles. The van der Waals surface area contributed by atoms with Gasteiger partial charge in [0.05, 0.1) is 6.20 Å². The SMILES string of the molecule is O=C(O)c1cn[nH]c1S(=O)(=O)N1CCCC2CCCCC21. The van der Waals surface area contributed by atoms with Crippen molar-refractivity contribution in [3.05, 3.63) is 11.8 Å². The fourth-order valence-corrected chi connectivity index (χ4v) is 5.44. The quantitative estimate of drug-likeness (QED) is 0.879. The fourth-order valence-electron chi connectivity index (χ4n) is 3.62. The monoisotopic (exact) mass is 313 g/mol. The van der Waals surface area contributed by atoms with Crippen molar-refractivity contribution in [3.63, 3.8) is 0 Å². The smallest absolute Gasteiger partial charge is 0.340 e. The van der Waals surface area contributed by atoms with E-state index in [1.54, 1.807) is 0 Å². The number of rotatable bonds is 3. The number of fused-ring (bicyclic) bond motifs is 1. The van der Waals surface area contributed by atoms with E-state index in [9.17, 15) is 13.2 Å². The van der Waals surface area contributed by atoms with Gasteiger partial charge in [-0.3, -0.25) is 5.10 Å². The third kappa shape index (κ3) is 2.46. The van der Waals surface area contributed by atoms with Crippen LogP contribution in [-0.4, -0.2) is 46.6 Å². The molecule has 2 unspecified atom stereocenters. The number of hydrogen-bond acceptors (Lipinski definition) is 4. The van der Waals surface area contributed by atoms with Crippen LogP contribution in [-0.2, 0) is 10.0 Å². The lowest BCUT2D eigenvalue weighted by Crippen LogP contribution is -2.49. The molecule has 2 fully saturated rings. The van der Waals surface area contributed by atoms with Gasteiger partial charge in [-0.25, -0.2) is 13.2 Å². The van der Waals surface area contributed by atoms with E-state index in [1.165, 1.54) is 4.31 Å². The van der Waals surface area contributed by atoms with E-state index in [4.69, 9.17) is 5.11 Å². The summed E-state index contributed by atoms with van der Waals surface area (Å²) in [6.07, 6.45) is 7.05. The van der Waals surface area contributed by atoms with Gasteiger partial charge in [0.1, 0.15) is 5.56 Å². The summed E-state index contributed by atoms with van der Waals surface area (Å²) in [5.41, 5.74) is -0.284. The molecule has 8 heteroatoms. The summed E-state index contributed by atoms with van der Waals surface area (Å²) in [6.45, 7) is 0.460. The Labute approximate surface area is 123 Å². The van der Waals surface area contributed by atoms with Gasteiger partial charge in [-0.15, -0.1) is 0 Å². The first-order valence-corrected chi connectivity index (χ1v) is 8.74. The molecule has 1 aliphatic heterocycles. The van der Waals surface area contributed by atoms with Crippen LogP contribution in [0, 0.1) is 5.92 Å². The molecule has 1 aromatic rings. The molecule has 116 valence electrons. The molecule has 21 heavy (non-hydrogen) atoms. The number of nitrogens with zero attached hydrogens (tertiary/aromatic N) is 2. The summed E-state index contributed by atoms with van der Waals surface area (Å²) in [5.74, 6) is -0.877. The molecule has 2 atom stereocenters. The van der Waals surface area contributed by atoms with Gasteiger partial charge in [-0.05, 0) is 31.6 Å². The highest BCUT2D eigenvalue weighted by molar-refractivity contribution is 7.89. The number of H-pyrrole nitrogens is 1. The Morgan fingerprint density at radius 3 is 2.76 bits per heavy atom. The predicted octanol–water partition coefficient (Wildman–Crippen LogP) is 1.45. The molecule has 2 aliphatic rings. The van der Waals surface area contributed by atoms with Crippen molar-refractivity contribution >= 4 is 16.0 Å². The Morgan fingerprint density at radius 1 is 1.29 bits per heavy atom. The zero-order valence-corrected chi connectivity index (χ0v) is 12.5. The summed E-state index contributed by atoms with van der Waals surface area (Å²) in [5, 5.41) is 14.8. The minimum absolute atomic E-state index is 0.00226. The Bertz CT molecular complexity index is 638. The Balaban J connectivity index is 1.97. The van der Waals surface area contributed by atoms with Crippen molar-refractivity contribution < 1.29 is 18.3 Å². The van der Waals surface area contributed by atoms with Crippen molar-refractivity contribution in [3.8, 4) is 0 Å². The van der Waals surface area contributed by atoms with Crippen molar-refractivity contribution in [1.82, 2.24) is 14.5 Å². The Hall–Kier alpha value is -1.41. The van der Waals surface area contributed by atoms with Crippen LogP contribution in [0.2, 0.25) is 0 Å². The van der Waals surface area contributed by atoms with Gasteiger partial charge in [0.25, 0.3) is 10.0 Å². The van der Waals surface area contributed by atoms with Crippen molar-refractivity contribution in [1.29, 1.82) is 0 Å². The first-order valence-electron chi connectivity index (χ1n) is 7.30. The maximum Gasteiger partial charge on any atom is 0.340 e. The number of carboxylic acids is 1. The second-order valence-electron chi connectivity index (χ2n) is 5.79. The van der Waals surface area contributed by atoms with E-state index in [-0.39, 0.29) is 16.6 Å². The molecule has 0 radical (unpaired) electrons. The maximum absolute atomic E-state index is 12.8. The lowest BCUT2D eigenvalue weighted by Gasteiger charge is -2.42. The molecule has 1 aliphatic carbocycles. The van der Waals surface area contributed by atoms with Crippen LogP contribution in [0.1, 0.15) is 48.9 Å². The van der Waals surface area contributed by atoms with E-state index in [1.807, 2.05) is 0 Å². The summed E-state index contributed by atoms with van der Waals surface area (Å²) < 4.78 is 27.1. The number of aromatic carboxylic acids is 1. The molecular formula is C13H19N3O4S. The number of aromatic nitrogens is 2. The fraction of sp³-hybridized carbons (Fsp3) is 0.692. The average molecular weight is 313 g/mol. The van der Waals surface area contributed by atoms with E-state index in [2.05, 4.69) is 10.2 Å². The van der Waals surface area contributed by atoms with Gasteiger partial charge >= 0.3 is 5.97 Å². The van der Waals surface area contributed by atoms with Gasteiger partial charge in [0.2, 0.25) is 0 Å². The Kier molecular flexibility index (Phi) is 3.75. The van der Waals surface area contributed by atoms with Crippen LogP contribution in [0.25, 0.3) is 0 Å². The zero-order chi connectivity index (χ0) is 15.0. The molecule has 7 nitrogen and oxygen atoms in total. The molecule has 1 aromatic heterocycles. The number of carboxylic acid groups (broad SMARTS) is 1. The van der Waals surface area contributed by atoms with Crippen LogP contribution in [0.15, 0.2) is 11.2 Å². The molecule has 2 N–H and O–H groups in total. The molecule has 0 bridgehead atoms. The van der Waals surface area contributed by atoms with E-state index in [0.29, 0.717) is 12.5 Å². The van der Waals surface area contributed by atoms with Gasteiger partial charge in [-0.2, -0.15) is 9.40 Å². The molecule has 2 heterocycles. The van der Waals surface area contributed by atoms with Gasteiger partial charge in [-0.1, -0.05) is 12.8 Å². The number of nitrogens with one attached hydrogen (secondary N) is 1. The minimum Gasteiger partial charge on any atom is -0.478 e. The van der Waals surface area contributed by atoms with E-state index in [0.717, 1.165) is 44.7 Å². The van der Waals surface area contributed by atoms with E-state index >= 15 is 0 Å². The summed E-state index contributed by atoms with van der Waals surface area (Å²) in [4.78, 5) is 11.2. The van der Waals surface area contributed by atoms with Crippen LogP contribution >= 0.6 is 0 Å². The molecule has 1 saturated heterocycles. The highest BCUT2D eigenvalue weighted by Crippen LogP contribution is 2.38. The summed E-state index contributed by atoms with van der Waals surface area (Å²) in [6, 6.07) is 0.00226. The maximum atomic E-state index is 12.8. The summed E-state index contributed by atoms with van der Waals surface area (Å²) in [7, 11) is -3.83. The lowest BCUT2D eigenvalue weighted by atomic mass is 9.79. The molecule has 3 rings (SSSR count). The lowest BCUT2D eigenvalue weighted by molar-refractivity contribution is 0.0692. The molecule has 1 saturated carbocycles. The molecule has 0 spiro atoms. The number of hydrogen-bond donors (Lipinski definition) is 2. The van der Waals surface area contributed by atoms with E-state index < -0.39 is 16.0 Å². The topological polar surface area (TPSA) is 103 Å². The number of carbonyl (C=O) groups is 1. The first-order chi connectivity index (χ1) is 10.0. The second kappa shape index (κ2) is 5.42. The van der Waals surface area contributed by atoms with Gasteiger partial charge in [0, 0.05) is 12.6 Å². The number of piperidine rings is 1. The van der Waals surface area contributed by atoms with Gasteiger partial charge in [0.15, 0.2) is 5.03 Å². The average Bonchev–Trinajstić information content (AvgIpc) is 2.97. The van der Waals surface area contributed by atoms with Crippen LogP contribution in [0.5, 0.6) is 0 Å². The third-order valence-electron chi connectivity index (χ3n) is 4.59. The third-order valence-corrected chi connectivity index (χ3v) is 6.49. The van der Waals surface area contributed by atoms with Crippen LogP contribution < -0.4 is 0 Å². The minimum atomic E-state index is -3.83. The number of aromatic amines is 1. The first kappa shape index (κ1) is 14.5. The largest absolute Gasteiger partial charge is 0.478 e.